The van der Waals surface area contributed by atoms with Crippen LogP contribution in [0.15, 0.2) is 65.1 Å². The Balaban J connectivity index is 1.84. The minimum absolute atomic E-state index is 0.0963. The first-order chi connectivity index (χ1) is 11.3. The SMILES string of the molecule is Cc1ccc([C@@H]2Nc3ccccc3-c3nc4ccccc4n32)o1. The maximum absolute atomic E-state index is 5.90. The van der Waals surface area contributed by atoms with Gasteiger partial charge in [-0.2, -0.15) is 0 Å². The molecule has 4 aromatic rings. The van der Waals surface area contributed by atoms with Crippen LogP contribution >= 0.6 is 0 Å². The normalized spacial score (nSPS) is 16.0. The van der Waals surface area contributed by atoms with E-state index in [0.29, 0.717) is 0 Å². The number of nitrogens with zero attached hydrogens (tertiary/aromatic N) is 2. The zero-order valence-electron chi connectivity index (χ0n) is 12.7. The highest BCUT2D eigenvalue weighted by Gasteiger charge is 2.29. The molecule has 0 aliphatic carbocycles. The predicted molar refractivity (Wildman–Crippen MR) is 90.4 cm³/mol. The molecule has 1 N–H and O–H groups in total. The summed E-state index contributed by atoms with van der Waals surface area (Å²) in [5.74, 6) is 2.77. The van der Waals surface area contributed by atoms with E-state index < -0.39 is 0 Å². The smallest absolute Gasteiger partial charge is 0.165 e. The molecule has 2 aromatic heterocycles. The van der Waals surface area contributed by atoms with E-state index in [1.807, 2.05) is 49.4 Å². The van der Waals surface area contributed by atoms with Crippen LogP contribution in [0, 0.1) is 6.92 Å². The van der Waals surface area contributed by atoms with Gasteiger partial charge in [0, 0.05) is 11.3 Å². The van der Waals surface area contributed by atoms with Crippen molar-refractivity contribution in [2.45, 2.75) is 13.1 Å². The quantitative estimate of drug-likeness (QED) is 0.559. The van der Waals surface area contributed by atoms with Crippen LogP contribution in [0.4, 0.5) is 5.69 Å². The number of benzene rings is 2. The Morgan fingerprint density at radius 3 is 2.70 bits per heavy atom. The standard InChI is InChI=1S/C19H15N3O/c1-12-10-11-17(23-12)19-20-14-7-3-2-6-13(14)18-21-15-8-4-5-9-16(15)22(18)19/h2-11,19-20H,1H3/t19-/m1/s1. The number of furan rings is 1. The van der Waals surface area contributed by atoms with E-state index in [-0.39, 0.29) is 6.17 Å². The Morgan fingerprint density at radius 1 is 1.00 bits per heavy atom. The first kappa shape index (κ1) is 12.5. The summed E-state index contributed by atoms with van der Waals surface area (Å²) in [5, 5.41) is 3.59. The van der Waals surface area contributed by atoms with Gasteiger partial charge in [0.1, 0.15) is 17.3 Å². The molecule has 0 fully saturated rings. The fourth-order valence-electron chi connectivity index (χ4n) is 3.31. The molecule has 23 heavy (non-hydrogen) atoms. The van der Waals surface area contributed by atoms with Crippen molar-refractivity contribution in [3.63, 3.8) is 0 Å². The van der Waals surface area contributed by atoms with Crippen molar-refractivity contribution in [2.24, 2.45) is 0 Å². The molecule has 4 heteroatoms. The minimum atomic E-state index is -0.0963. The summed E-state index contributed by atoms with van der Waals surface area (Å²) in [6, 6.07) is 20.5. The molecule has 1 aliphatic heterocycles. The lowest BCUT2D eigenvalue weighted by atomic mass is 10.1. The van der Waals surface area contributed by atoms with Gasteiger partial charge in [-0.25, -0.2) is 4.98 Å². The Hall–Kier alpha value is -3.01. The molecule has 4 nitrogen and oxygen atoms in total. The largest absolute Gasteiger partial charge is 0.462 e. The summed E-state index contributed by atoms with van der Waals surface area (Å²) in [6.45, 7) is 1.97. The van der Waals surface area contributed by atoms with Crippen LogP contribution in [-0.4, -0.2) is 9.55 Å². The molecule has 1 aliphatic rings. The third-order valence-electron chi connectivity index (χ3n) is 4.34. The maximum atomic E-state index is 5.90. The Kier molecular flexibility index (Phi) is 2.45. The van der Waals surface area contributed by atoms with E-state index >= 15 is 0 Å². The first-order valence-corrected chi connectivity index (χ1v) is 7.70. The van der Waals surface area contributed by atoms with Crippen LogP contribution in [0.2, 0.25) is 0 Å². The third-order valence-corrected chi connectivity index (χ3v) is 4.34. The topological polar surface area (TPSA) is 43.0 Å². The molecule has 112 valence electrons. The zero-order chi connectivity index (χ0) is 15.4. The summed E-state index contributed by atoms with van der Waals surface area (Å²) in [6.07, 6.45) is -0.0963. The number of nitrogens with one attached hydrogen (secondary N) is 1. The second kappa shape index (κ2) is 4.49. The second-order valence-electron chi connectivity index (χ2n) is 5.83. The lowest BCUT2D eigenvalue weighted by Crippen LogP contribution is -2.24. The van der Waals surface area contributed by atoms with Crippen molar-refractivity contribution in [2.75, 3.05) is 5.32 Å². The molecule has 0 saturated carbocycles. The van der Waals surface area contributed by atoms with Crippen molar-refractivity contribution >= 4 is 16.7 Å². The Morgan fingerprint density at radius 2 is 1.83 bits per heavy atom. The first-order valence-electron chi connectivity index (χ1n) is 7.70. The molecule has 1 atom stereocenters. The average molecular weight is 301 g/mol. The number of hydrogen-bond donors (Lipinski definition) is 1. The van der Waals surface area contributed by atoms with Crippen molar-refractivity contribution in [1.29, 1.82) is 0 Å². The van der Waals surface area contributed by atoms with Gasteiger partial charge >= 0.3 is 0 Å². The fourth-order valence-corrected chi connectivity index (χ4v) is 3.31. The minimum Gasteiger partial charge on any atom is -0.462 e. The van der Waals surface area contributed by atoms with Gasteiger partial charge in [0.2, 0.25) is 0 Å². The molecular formula is C19H15N3O. The van der Waals surface area contributed by atoms with E-state index in [0.717, 1.165) is 39.6 Å². The van der Waals surface area contributed by atoms with Gasteiger partial charge in [-0.3, -0.25) is 4.57 Å². The molecule has 0 amide bonds. The number of anilines is 1. The number of rotatable bonds is 1. The summed E-state index contributed by atoms with van der Waals surface area (Å²) in [5.41, 5.74) is 4.29. The summed E-state index contributed by atoms with van der Waals surface area (Å²) >= 11 is 0. The zero-order valence-corrected chi connectivity index (χ0v) is 12.7. The van der Waals surface area contributed by atoms with Crippen LogP contribution in [0.5, 0.6) is 0 Å². The van der Waals surface area contributed by atoms with Gasteiger partial charge < -0.3 is 9.73 Å². The molecule has 0 spiro atoms. The van der Waals surface area contributed by atoms with Gasteiger partial charge in [-0.1, -0.05) is 24.3 Å². The number of aryl methyl sites for hydroxylation is 1. The second-order valence-corrected chi connectivity index (χ2v) is 5.83. The monoisotopic (exact) mass is 301 g/mol. The molecule has 0 unspecified atom stereocenters. The molecule has 2 aromatic carbocycles. The average Bonchev–Trinajstić information content (AvgIpc) is 3.18. The van der Waals surface area contributed by atoms with Crippen LogP contribution < -0.4 is 5.32 Å². The number of fused-ring (bicyclic) bond motifs is 5. The van der Waals surface area contributed by atoms with Crippen molar-refractivity contribution in [3.8, 4) is 11.4 Å². The van der Waals surface area contributed by atoms with Crippen LogP contribution in [0.25, 0.3) is 22.4 Å². The van der Waals surface area contributed by atoms with Crippen molar-refractivity contribution in [1.82, 2.24) is 9.55 Å². The van der Waals surface area contributed by atoms with Crippen LogP contribution in [0.3, 0.4) is 0 Å². The molecule has 5 rings (SSSR count). The highest BCUT2D eigenvalue weighted by molar-refractivity contribution is 5.86. The van der Waals surface area contributed by atoms with E-state index in [1.54, 1.807) is 0 Å². The molecule has 3 heterocycles. The van der Waals surface area contributed by atoms with Gasteiger partial charge in [0.05, 0.1) is 11.0 Å². The lowest BCUT2D eigenvalue weighted by Gasteiger charge is -2.28. The molecule has 0 radical (unpaired) electrons. The summed E-state index contributed by atoms with van der Waals surface area (Å²) in [7, 11) is 0. The highest BCUT2D eigenvalue weighted by Crippen LogP contribution is 2.40. The van der Waals surface area contributed by atoms with E-state index in [4.69, 9.17) is 9.40 Å². The molecule has 0 bridgehead atoms. The lowest BCUT2D eigenvalue weighted by molar-refractivity contribution is 0.437. The van der Waals surface area contributed by atoms with E-state index in [9.17, 15) is 0 Å². The maximum Gasteiger partial charge on any atom is 0.165 e. The van der Waals surface area contributed by atoms with E-state index in [1.165, 1.54) is 0 Å². The fraction of sp³-hybridized carbons (Fsp3) is 0.105. The number of hydrogen-bond acceptors (Lipinski definition) is 3. The summed E-state index contributed by atoms with van der Waals surface area (Å²) in [4.78, 5) is 4.86. The Bertz CT molecular complexity index is 1030. The van der Waals surface area contributed by atoms with Gasteiger partial charge in [0.15, 0.2) is 6.17 Å². The van der Waals surface area contributed by atoms with Gasteiger partial charge in [0.25, 0.3) is 0 Å². The number of aromatic nitrogens is 2. The highest BCUT2D eigenvalue weighted by atomic mass is 16.3. The third kappa shape index (κ3) is 1.75. The van der Waals surface area contributed by atoms with Gasteiger partial charge in [-0.05, 0) is 43.3 Å². The van der Waals surface area contributed by atoms with Crippen LogP contribution in [-0.2, 0) is 0 Å². The molecular weight excluding hydrogens is 286 g/mol. The molecule has 0 saturated heterocycles. The predicted octanol–water partition coefficient (Wildman–Crippen LogP) is 4.58. The number of para-hydroxylation sites is 3. The Labute approximate surface area is 133 Å². The summed E-state index contributed by atoms with van der Waals surface area (Å²) < 4.78 is 8.12. The van der Waals surface area contributed by atoms with Crippen molar-refractivity contribution in [3.05, 3.63) is 72.2 Å². The van der Waals surface area contributed by atoms with Gasteiger partial charge in [-0.15, -0.1) is 0 Å². The van der Waals surface area contributed by atoms with E-state index in [2.05, 4.69) is 28.1 Å². The van der Waals surface area contributed by atoms with Crippen molar-refractivity contribution < 1.29 is 4.42 Å². The van der Waals surface area contributed by atoms with Crippen LogP contribution in [0.1, 0.15) is 17.7 Å². The number of imidazole rings is 1.